The van der Waals surface area contributed by atoms with E-state index in [9.17, 15) is 14.3 Å². The van der Waals surface area contributed by atoms with E-state index in [2.05, 4.69) is 4.98 Å². The minimum atomic E-state index is -0.327. The molecule has 1 saturated carbocycles. The molecule has 1 aromatic carbocycles. The lowest BCUT2D eigenvalue weighted by Gasteiger charge is -2.31. The van der Waals surface area contributed by atoms with E-state index in [-0.39, 0.29) is 23.7 Å². The number of aliphatic hydroxyl groups excluding tert-OH is 1. The van der Waals surface area contributed by atoms with Crippen LogP contribution in [0.25, 0.3) is 10.9 Å². The van der Waals surface area contributed by atoms with Crippen molar-refractivity contribution in [2.45, 2.75) is 31.8 Å². The Kier molecular flexibility index (Phi) is 4.16. The van der Waals surface area contributed by atoms with Gasteiger partial charge in [-0.1, -0.05) is 12.8 Å². The first-order chi connectivity index (χ1) is 10.6. The molecule has 1 heterocycles. The zero-order valence-electron chi connectivity index (χ0n) is 12.7. The maximum atomic E-state index is 13.2. The van der Waals surface area contributed by atoms with E-state index in [0.29, 0.717) is 17.6 Å². The van der Waals surface area contributed by atoms with Crippen LogP contribution in [-0.2, 0) is 0 Å². The molecule has 0 aliphatic heterocycles. The molecular formula is C17H21FN2O2. The summed E-state index contributed by atoms with van der Waals surface area (Å²) in [6.07, 6.45) is 5.25. The van der Waals surface area contributed by atoms with E-state index >= 15 is 0 Å². The number of rotatable bonds is 3. The molecular weight excluding hydrogens is 283 g/mol. The predicted molar refractivity (Wildman–Crippen MR) is 83.2 cm³/mol. The molecule has 1 aliphatic carbocycles. The summed E-state index contributed by atoms with van der Waals surface area (Å²) < 4.78 is 13.2. The summed E-state index contributed by atoms with van der Waals surface area (Å²) in [4.78, 5) is 17.2. The first kappa shape index (κ1) is 15.0. The van der Waals surface area contributed by atoms with Gasteiger partial charge in [0.05, 0.1) is 11.7 Å². The SMILES string of the molecule is CN(CC1CCCCC1O)C(=O)c1c[nH]c2cc(F)ccc12. The van der Waals surface area contributed by atoms with Gasteiger partial charge in [0.2, 0.25) is 0 Å². The zero-order chi connectivity index (χ0) is 15.7. The molecule has 5 heteroatoms. The third-order valence-electron chi connectivity index (χ3n) is 4.60. The molecule has 1 aliphatic rings. The van der Waals surface area contributed by atoms with Gasteiger partial charge in [0, 0.05) is 36.6 Å². The lowest BCUT2D eigenvalue weighted by Crippen LogP contribution is -2.38. The largest absolute Gasteiger partial charge is 0.393 e. The summed E-state index contributed by atoms with van der Waals surface area (Å²) in [5, 5.41) is 10.8. The van der Waals surface area contributed by atoms with Crippen LogP contribution in [0.4, 0.5) is 4.39 Å². The van der Waals surface area contributed by atoms with Crippen molar-refractivity contribution in [2.24, 2.45) is 5.92 Å². The number of benzene rings is 1. The van der Waals surface area contributed by atoms with E-state index in [1.54, 1.807) is 24.2 Å². The molecule has 0 saturated heterocycles. The number of H-pyrrole nitrogens is 1. The lowest BCUT2D eigenvalue weighted by molar-refractivity contribution is 0.0452. The second kappa shape index (κ2) is 6.08. The Morgan fingerprint density at radius 1 is 1.41 bits per heavy atom. The van der Waals surface area contributed by atoms with Gasteiger partial charge in [-0.15, -0.1) is 0 Å². The van der Waals surface area contributed by atoms with Crippen LogP contribution in [0.1, 0.15) is 36.0 Å². The summed E-state index contributed by atoms with van der Waals surface area (Å²) in [6, 6.07) is 4.37. The zero-order valence-corrected chi connectivity index (χ0v) is 12.7. The highest BCUT2D eigenvalue weighted by Crippen LogP contribution is 2.26. The monoisotopic (exact) mass is 304 g/mol. The van der Waals surface area contributed by atoms with Crippen LogP contribution >= 0.6 is 0 Å². The number of fused-ring (bicyclic) bond motifs is 1. The van der Waals surface area contributed by atoms with Gasteiger partial charge in [-0.3, -0.25) is 4.79 Å². The van der Waals surface area contributed by atoms with E-state index in [0.717, 1.165) is 31.1 Å². The number of halogens is 1. The number of hydrogen-bond acceptors (Lipinski definition) is 2. The summed E-state index contributed by atoms with van der Waals surface area (Å²) in [6.45, 7) is 0.549. The summed E-state index contributed by atoms with van der Waals surface area (Å²) >= 11 is 0. The van der Waals surface area contributed by atoms with Crippen molar-refractivity contribution in [3.63, 3.8) is 0 Å². The summed E-state index contributed by atoms with van der Waals surface area (Å²) in [5.41, 5.74) is 1.16. The average Bonchev–Trinajstić information content (AvgIpc) is 2.91. The van der Waals surface area contributed by atoms with Crippen molar-refractivity contribution in [1.82, 2.24) is 9.88 Å². The number of nitrogens with one attached hydrogen (secondary N) is 1. The number of nitrogens with zero attached hydrogens (tertiary/aromatic N) is 1. The fraction of sp³-hybridized carbons (Fsp3) is 0.471. The molecule has 2 N–H and O–H groups in total. The quantitative estimate of drug-likeness (QED) is 0.916. The summed E-state index contributed by atoms with van der Waals surface area (Å²) in [7, 11) is 1.76. The molecule has 3 rings (SSSR count). The number of aliphatic hydroxyl groups is 1. The van der Waals surface area contributed by atoms with Crippen molar-refractivity contribution in [3.8, 4) is 0 Å². The van der Waals surface area contributed by atoms with Gasteiger partial charge in [-0.2, -0.15) is 0 Å². The molecule has 2 atom stereocenters. The van der Waals surface area contributed by atoms with E-state index in [4.69, 9.17) is 0 Å². The van der Waals surface area contributed by atoms with Gasteiger partial charge < -0.3 is 15.0 Å². The Morgan fingerprint density at radius 2 is 2.18 bits per heavy atom. The molecule has 1 aromatic heterocycles. The summed E-state index contributed by atoms with van der Waals surface area (Å²) in [5.74, 6) is -0.284. The lowest BCUT2D eigenvalue weighted by atomic mass is 9.86. The molecule has 0 spiro atoms. The number of carbonyl (C=O) groups excluding carboxylic acids is 1. The van der Waals surface area contributed by atoms with Crippen LogP contribution < -0.4 is 0 Å². The Balaban J connectivity index is 1.77. The number of carbonyl (C=O) groups is 1. The molecule has 1 amide bonds. The van der Waals surface area contributed by atoms with Gasteiger partial charge in [0.1, 0.15) is 5.82 Å². The van der Waals surface area contributed by atoms with Gasteiger partial charge in [0.15, 0.2) is 0 Å². The van der Waals surface area contributed by atoms with Crippen LogP contribution in [-0.4, -0.2) is 40.6 Å². The first-order valence-corrected chi connectivity index (χ1v) is 7.76. The molecule has 22 heavy (non-hydrogen) atoms. The van der Waals surface area contributed by atoms with Gasteiger partial charge in [-0.25, -0.2) is 4.39 Å². The fourth-order valence-electron chi connectivity index (χ4n) is 3.32. The molecule has 0 radical (unpaired) electrons. The van der Waals surface area contributed by atoms with Crippen molar-refractivity contribution >= 4 is 16.8 Å². The Bertz CT molecular complexity index is 682. The maximum Gasteiger partial charge on any atom is 0.255 e. The van der Waals surface area contributed by atoms with Crippen molar-refractivity contribution in [1.29, 1.82) is 0 Å². The first-order valence-electron chi connectivity index (χ1n) is 7.76. The van der Waals surface area contributed by atoms with Crippen LogP contribution in [0, 0.1) is 11.7 Å². The number of aromatic nitrogens is 1. The molecule has 2 aromatic rings. The molecule has 1 fully saturated rings. The smallest absolute Gasteiger partial charge is 0.255 e. The molecule has 2 unspecified atom stereocenters. The Labute approximate surface area is 128 Å². The van der Waals surface area contributed by atoms with Crippen LogP contribution in [0.2, 0.25) is 0 Å². The van der Waals surface area contributed by atoms with E-state index in [1.807, 2.05) is 0 Å². The van der Waals surface area contributed by atoms with Gasteiger partial charge >= 0.3 is 0 Å². The third-order valence-corrected chi connectivity index (χ3v) is 4.60. The molecule has 0 bridgehead atoms. The van der Waals surface area contributed by atoms with Crippen molar-refractivity contribution < 1.29 is 14.3 Å². The second-order valence-corrected chi connectivity index (χ2v) is 6.19. The average molecular weight is 304 g/mol. The van der Waals surface area contributed by atoms with Gasteiger partial charge in [-0.05, 0) is 31.0 Å². The third kappa shape index (κ3) is 2.86. The highest BCUT2D eigenvalue weighted by molar-refractivity contribution is 6.06. The van der Waals surface area contributed by atoms with E-state index in [1.165, 1.54) is 12.1 Å². The minimum Gasteiger partial charge on any atom is -0.393 e. The number of hydrogen-bond donors (Lipinski definition) is 2. The predicted octanol–water partition coefficient (Wildman–Crippen LogP) is 2.93. The highest BCUT2D eigenvalue weighted by atomic mass is 19.1. The second-order valence-electron chi connectivity index (χ2n) is 6.19. The Hall–Kier alpha value is -1.88. The topological polar surface area (TPSA) is 56.3 Å². The Morgan fingerprint density at radius 3 is 2.95 bits per heavy atom. The molecule has 118 valence electrons. The van der Waals surface area contributed by atoms with Crippen LogP contribution in [0.15, 0.2) is 24.4 Å². The van der Waals surface area contributed by atoms with E-state index < -0.39 is 0 Å². The fourth-order valence-corrected chi connectivity index (χ4v) is 3.32. The maximum absolute atomic E-state index is 13.2. The van der Waals surface area contributed by atoms with Crippen LogP contribution in [0.3, 0.4) is 0 Å². The minimum absolute atomic E-state index is 0.101. The van der Waals surface area contributed by atoms with Crippen LogP contribution in [0.5, 0.6) is 0 Å². The number of aromatic amines is 1. The van der Waals surface area contributed by atoms with Crippen molar-refractivity contribution in [3.05, 3.63) is 35.8 Å². The highest BCUT2D eigenvalue weighted by Gasteiger charge is 2.26. The standard InChI is InChI=1S/C17H21FN2O2/c1-20(10-11-4-2-3-5-16(11)21)17(22)14-9-19-15-8-12(18)6-7-13(14)15/h6-9,11,16,19,21H,2-5,10H2,1H3. The number of amides is 1. The normalized spacial score (nSPS) is 22.0. The van der Waals surface area contributed by atoms with Crippen molar-refractivity contribution in [2.75, 3.05) is 13.6 Å². The van der Waals surface area contributed by atoms with Gasteiger partial charge in [0.25, 0.3) is 5.91 Å². The molecule has 4 nitrogen and oxygen atoms in total.